The van der Waals surface area contributed by atoms with Crippen LogP contribution in [0.3, 0.4) is 0 Å². The minimum atomic E-state index is -0.457. The Kier molecular flexibility index (Phi) is 6.16. The Labute approximate surface area is 139 Å². The third-order valence-electron chi connectivity index (χ3n) is 3.28. The normalized spacial score (nSPS) is 10.7. The summed E-state index contributed by atoms with van der Waals surface area (Å²) in [6, 6.07) is 13.3. The van der Waals surface area contributed by atoms with Crippen molar-refractivity contribution in [3.63, 3.8) is 0 Å². The topological polar surface area (TPSA) is 91.3 Å². The molecule has 2 rings (SSSR count). The van der Waals surface area contributed by atoms with Gasteiger partial charge in [0.1, 0.15) is 0 Å². The third kappa shape index (κ3) is 4.72. The number of aliphatic hydroxyl groups excluding tert-OH is 1. The molecule has 0 amide bonds. The van der Waals surface area contributed by atoms with Crippen LogP contribution in [0, 0.1) is 10.1 Å². The van der Waals surface area contributed by atoms with Crippen LogP contribution in [0.15, 0.2) is 71.4 Å². The second-order valence-electron chi connectivity index (χ2n) is 4.95. The van der Waals surface area contributed by atoms with Crippen LogP contribution in [0.25, 0.3) is 0 Å². The van der Waals surface area contributed by atoms with E-state index in [2.05, 4.69) is 16.8 Å². The van der Waals surface area contributed by atoms with Crippen LogP contribution < -0.4 is 4.90 Å². The fourth-order valence-corrected chi connectivity index (χ4v) is 2.09. The van der Waals surface area contributed by atoms with Crippen LogP contribution in [0.1, 0.15) is 0 Å². The largest absolute Gasteiger partial charge is 0.395 e. The lowest BCUT2D eigenvalue weighted by Gasteiger charge is -2.22. The lowest BCUT2D eigenvalue weighted by molar-refractivity contribution is -0.384. The first-order valence-electron chi connectivity index (χ1n) is 7.37. The van der Waals surface area contributed by atoms with Gasteiger partial charge in [-0.15, -0.1) is 6.58 Å². The zero-order chi connectivity index (χ0) is 17.4. The summed E-state index contributed by atoms with van der Waals surface area (Å²) in [6.07, 6.45) is 1.78. The van der Waals surface area contributed by atoms with Gasteiger partial charge in [-0.1, -0.05) is 6.08 Å². The number of hydrogen-bond donors (Lipinski definition) is 1. The van der Waals surface area contributed by atoms with Gasteiger partial charge in [0.15, 0.2) is 0 Å². The first-order chi connectivity index (χ1) is 11.6. The van der Waals surface area contributed by atoms with E-state index >= 15 is 0 Å². The molecule has 7 nitrogen and oxygen atoms in total. The molecule has 0 aliphatic heterocycles. The van der Waals surface area contributed by atoms with E-state index in [-0.39, 0.29) is 12.3 Å². The van der Waals surface area contributed by atoms with E-state index in [1.165, 1.54) is 12.1 Å². The number of aliphatic hydroxyl groups is 1. The molecule has 0 radical (unpaired) electrons. The average molecular weight is 326 g/mol. The van der Waals surface area contributed by atoms with Crippen molar-refractivity contribution >= 4 is 22.7 Å². The summed E-state index contributed by atoms with van der Waals surface area (Å²) in [5, 5.41) is 27.9. The summed E-state index contributed by atoms with van der Waals surface area (Å²) >= 11 is 0. The van der Waals surface area contributed by atoms with E-state index in [1.54, 1.807) is 18.2 Å². The molecule has 0 aliphatic carbocycles. The molecule has 0 atom stereocenters. The highest BCUT2D eigenvalue weighted by atomic mass is 16.6. The van der Waals surface area contributed by atoms with E-state index in [9.17, 15) is 10.1 Å². The number of anilines is 1. The highest BCUT2D eigenvalue weighted by Gasteiger charge is 2.04. The molecule has 7 heteroatoms. The molecule has 0 saturated carbocycles. The van der Waals surface area contributed by atoms with Crippen molar-refractivity contribution in [2.75, 3.05) is 24.6 Å². The Balaban J connectivity index is 2.07. The van der Waals surface area contributed by atoms with Crippen LogP contribution in [0.4, 0.5) is 22.7 Å². The Morgan fingerprint density at radius 2 is 1.62 bits per heavy atom. The third-order valence-corrected chi connectivity index (χ3v) is 3.28. The maximum absolute atomic E-state index is 10.6. The van der Waals surface area contributed by atoms with Gasteiger partial charge in [-0.2, -0.15) is 10.2 Å². The average Bonchev–Trinajstić information content (AvgIpc) is 2.60. The quantitative estimate of drug-likeness (QED) is 0.343. The van der Waals surface area contributed by atoms with Crippen molar-refractivity contribution in [2.45, 2.75) is 0 Å². The van der Waals surface area contributed by atoms with Crippen molar-refractivity contribution in [1.29, 1.82) is 0 Å². The van der Waals surface area contributed by atoms with E-state index in [1.807, 2.05) is 29.2 Å². The smallest absolute Gasteiger partial charge is 0.269 e. The molecule has 2 aromatic carbocycles. The number of azo groups is 1. The van der Waals surface area contributed by atoms with Gasteiger partial charge in [0.25, 0.3) is 5.69 Å². The van der Waals surface area contributed by atoms with Gasteiger partial charge >= 0.3 is 0 Å². The summed E-state index contributed by atoms with van der Waals surface area (Å²) in [6.45, 7) is 4.94. The summed E-state index contributed by atoms with van der Waals surface area (Å²) < 4.78 is 0. The summed E-state index contributed by atoms with van der Waals surface area (Å²) in [4.78, 5) is 12.1. The van der Waals surface area contributed by atoms with Crippen molar-refractivity contribution < 1.29 is 10.0 Å². The Morgan fingerprint density at radius 1 is 1.08 bits per heavy atom. The van der Waals surface area contributed by atoms with Crippen LogP contribution in [-0.4, -0.2) is 29.7 Å². The number of hydrogen-bond acceptors (Lipinski definition) is 6. The standard InChI is InChI=1S/C17H18N4O3/c1-2-11-20(12-13-22)16-7-3-14(4-8-16)18-19-15-5-9-17(10-6-15)21(23)24/h2-10,22H,1,11-13H2. The fraction of sp³-hybridized carbons (Fsp3) is 0.176. The zero-order valence-electron chi connectivity index (χ0n) is 13.1. The summed E-state index contributed by atoms with van der Waals surface area (Å²) in [5.74, 6) is 0. The zero-order valence-corrected chi connectivity index (χ0v) is 13.1. The minimum Gasteiger partial charge on any atom is -0.395 e. The molecule has 124 valence electrons. The van der Waals surface area contributed by atoms with Crippen LogP contribution in [0.2, 0.25) is 0 Å². The van der Waals surface area contributed by atoms with Crippen molar-refractivity contribution in [1.82, 2.24) is 0 Å². The maximum atomic E-state index is 10.6. The first kappa shape index (κ1) is 17.3. The lowest BCUT2D eigenvalue weighted by Crippen LogP contribution is -2.26. The molecule has 24 heavy (non-hydrogen) atoms. The van der Waals surface area contributed by atoms with Gasteiger partial charge in [0, 0.05) is 30.9 Å². The van der Waals surface area contributed by atoms with Gasteiger partial charge in [-0.25, -0.2) is 0 Å². The Morgan fingerprint density at radius 3 is 2.08 bits per heavy atom. The van der Waals surface area contributed by atoms with Gasteiger partial charge in [-0.05, 0) is 36.4 Å². The van der Waals surface area contributed by atoms with Gasteiger partial charge in [0.05, 0.1) is 22.9 Å². The van der Waals surface area contributed by atoms with Gasteiger partial charge < -0.3 is 10.0 Å². The SMILES string of the molecule is C=CCN(CCO)c1ccc(N=Nc2ccc([N+](=O)[O-])cc2)cc1. The Hall–Kier alpha value is -3.06. The number of non-ortho nitro benzene ring substituents is 1. The molecule has 1 N–H and O–H groups in total. The molecule has 0 aliphatic rings. The van der Waals surface area contributed by atoms with E-state index in [0.29, 0.717) is 24.5 Å². The van der Waals surface area contributed by atoms with Gasteiger partial charge in [0.2, 0.25) is 0 Å². The lowest BCUT2D eigenvalue weighted by atomic mass is 10.2. The molecule has 0 unspecified atom stereocenters. The molecule has 0 aromatic heterocycles. The Bertz CT molecular complexity index is 712. The predicted octanol–water partition coefficient (Wildman–Crippen LogP) is 3.99. The number of rotatable bonds is 8. The van der Waals surface area contributed by atoms with E-state index < -0.39 is 4.92 Å². The summed E-state index contributed by atoms with van der Waals surface area (Å²) in [5.41, 5.74) is 2.18. The summed E-state index contributed by atoms with van der Waals surface area (Å²) in [7, 11) is 0. The monoisotopic (exact) mass is 326 g/mol. The van der Waals surface area contributed by atoms with Gasteiger partial charge in [-0.3, -0.25) is 10.1 Å². The van der Waals surface area contributed by atoms with Crippen LogP contribution >= 0.6 is 0 Å². The maximum Gasteiger partial charge on any atom is 0.269 e. The minimum absolute atomic E-state index is 0.0181. The van der Waals surface area contributed by atoms with E-state index in [0.717, 1.165) is 5.69 Å². The highest BCUT2D eigenvalue weighted by molar-refractivity contribution is 5.53. The first-order valence-corrected chi connectivity index (χ1v) is 7.37. The van der Waals surface area contributed by atoms with E-state index in [4.69, 9.17) is 5.11 Å². The predicted molar refractivity (Wildman–Crippen MR) is 93.2 cm³/mol. The number of nitro groups is 1. The molecule has 2 aromatic rings. The highest BCUT2D eigenvalue weighted by Crippen LogP contribution is 2.23. The van der Waals surface area contributed by atoms with Crippen molar-refractivity contribution in [2.24, 2.45) is 10.2 Å². The molecule has 0 bridgehead atoms. The molecule has 0 heterocycles. The molecule has 0 saturated heterocycles. The van der Waals surface area contributed by atoms with Crippen molar-refractivity contribution in [3.05, 3.63) is 71.3 Å². The van der Waals surface area contributed by atoms with Crippen molar-refractivity contribution in [3.8, 4) is 0 Å². The molecular formula is C17H18N4O3. The second-order valence-corrected chi connectivity index (χ2v) is 4.95. The number of nitro benzene ring substituents is 1. The molecule has 0 spiro atoms. The number of benzene rings is 2. The fourth-order valence-electron chi connectivity index (χ4n) is 2.09. The van der Waals surface area contributed by atoms with Crippen LogP contribution in [-0.2, 0) is 0 Å². The number of nitrogens with zero attached hydrogens (tertiary/aromatic N) is 4. The second kappa shape index (κ2) is 8.54. The molecular weight excluding hydrogens is 308 g/mol. The van der Waals surface area contributed by atoms with Crippen LogP contribution in [0.5, 0.6) is 0 Å². The molecule has 0 fully saturated rings.